The molecule has 2 aromatic carbocycles. The lowest BCUT2D eigenvalue weighted by Gasteiger charge is -2.31. The Kier molecular flexibility index (Phi) is 7.75. The lowest BCUT2D eigenvalue weighted by atomic mass is 10.1. The second kappa shape index (κ2) is 9.76. The fourth-order valence-electron chi connectivity index (χ4n) is 3.26. The fourth-order valence-corrected chi connectivity index (χ4v) is 4.94. The zero-order valence-corrected chi connectivity index (χ0v) is 16.8. The molecule has 1 heterocycles. The van der Waals surface area contributed by atoms with E-state index in [1.807, 2.05) is 0 Å². The van der Waals surface area contributed by atoms with Crippen molar-refractivity contribution in [3.8, 4) is 11.5 Å². The number of rotatable bonds is 5. The number of hydroxylamine groups is 1. The van der Waals surface area contributed by atoms with Crippen molar-refractivity contribution in [1.29, 1.82) is 0 Å². The van der Waals surface area contributed by atoms with Crippen molar-refractivity contribution in [3.05, 3.63) is 53.6 Å². The van der Waals surface area contributed by atoms with Crippen molar-refractivity contribution in [2.75, 3.05) is 13.1 Å². The zero-order chi connectivity index (χ0) is 22.8. The molecule has 8 nitrogen and oxygen atoms in total. The van der Waals surface area contributed by atoms with Gasteiger partial charge in [-0.25, -0.2) is 13.9 Å². The normalized spacial score (nSPS) is 15.6. The molecule has 32 heavy (non-hydrogen) atoms. The average molecular weight is 478 g/mol. The number of carbonyl (C=O) groups is 1. The van der Waals surface area contributed by atoms with Crippen LogP contribution in [0.1, 0.15) is 37.6 Å². The number of aromatic hydroxyl groups is 1. The summed E-state index contributed by atoms with van der Waals surface area (Å²) < 4.78 is 70.7. The van der Waals surface area contributed by atoms with Crippen LogP contribution >= 0.6 is 0 Å². The van der Waals surface area contributed by atoms with Gasteiger partial charge in [-0.3, -0.25) is 10.0 Å². The first-order chi connectivity index (χ1) is 14.5. The number of amides is 1. The zero-order valence-electron chi connectivity index (χ0n) is 16.0. The molecule has 0 spiro atoms. The number of hydrogen-bond acceptors (Lipinski definition) is 6. The van der Waals surface area contributed by atoms with Crippen LogP contribution in [0.5, 0.6) is 11.5 Å². The molecule has 0 aromatic heterocycles. The third-order valence-electron chi connectivity index (χ3n) is 4.84. The highest BCUT2D eigenvalue weighted by Crippen LogP contribution is 2.32. The Labute approximate surface area is 184 Å². The lowest BCUT2D eigenvalue weighted by molar-refractivity contribution is -0.137. The number of piperidine rings is 1. The predicted octanol–water partition coefficient (Wildman–Crippen LogP) is 3.64. The lowest BCUT2D eigenvalue weighted by Crippen LogP contribution is -2.42. The Bertz CT molecular complexity index is 1060. The van der Waals surface area contributed by atoms with Gasteiger partial charge in [-0.1, -0.05) is 13.5 Å². The van der Waals surface area contributed by atoms with Crippen LogP contribution in [-0.2, 0) is 16.2 Å². The molecule has 3 rings (SSSR count). The predicted molar refractivity (Wildman–Crippen MR) is 110 cm³/mol. The number of halogens is 3. The van der Waals surface area contributed by atoms with Crippen molar-refractivity contribution in [1.82, 2.24) is 9.79 Å². The van der Waals surface area contributed by atoms with E-state index in [9.17, 15) is 31.5 Å². The summed E-state index contributed by atoms with van der Waals surface area (Å²) in [4.78, 5) is 11.4. The average Bonchev–Trinajstić information content (AvgIpc) is 2.73. The highest BCUT2D eigenvalue weighted by atomic mass is 32.2. The minimum Gasteiger partial charge on any atom is -0.507 e. The Balaban J connectivity index is 0.00000272. The molecular formula is C20H25F3N2O6S. The molecule has 0 bridgehead atoms. The first-order valence-electron chi connectivity index (χ1n) is 9.14. The van der Waals surface area contributed by atoms with Crippen LogP contribution < -0.4 is 10.2 Å². The third-order valence-corrected chi connectivity index (χ3v) is 6.78. The maximum absolute atomic E-state index is 13.0. The quantitative estimate of drug-likeness (QED) is 0.446. The summed E-state index contributed by atoms with van der Waals surface area (Å²) in [5.41, 5.74) is -0.0597. The van der Waals surface area contributed by atoms with Crippen molar-refractivity contribution in [3.63, 3.8) is 0 Å². The molecule has 0 atom stereocenters. The minimum absolute atomic E-state index is 0. The Morgan fingerprint density at radius 2 is 1.72 bits per heavy atom. The van der Waals surface area contributed by atoms with E-state index in [1.165, 1.54) is 23.7 Å². The van der Waals surface area contributed by atoms with Crippen LogP contribution in [0.3, 0.4) is 0 Å². The van der Waals surface area contributed by atoms with Gasteiger partial charge in [-0.15, -0.1) is 0 Å². The van der Waals surface area contributed by atoms with Gasteiger partial charge in [0.25, 0.3) is 5.91 Å². The number of carbonyl (C=O) groups excluding carboxylic acids is 1. The van der Waals surface area contributed by atoms with Crippen LogP contribution in [0.2, 0.25) is 0 Å². The molecule has 0 saturated carbocycles. The van der Waals surface area contributed by atoms with Crippen molar-refractivity contribution in [2.24, 2.45) is 0 Å². The summed E-state index contributed by atoms with van der Waals surface area (Å²) in [6.07, 6.45) is -4.33. The largest absolute Gasteiger partial charge is 0.507 e. The van der Waals surface area contributed by atoms with Gasteiger partial charge in [-0.05, 0) is 49.2 Å². The molecule has 3 N–H and O–H groups in total. The van der Waals surface area contributed by atoms with Gasteiger partial charge < -0.3 is 9.84 Å². The van der Waals surface area contributed by atoms with Gasteiger partial charge >= 0.3 is 6.18 Å². The van der Waals surface area contributed by atoms with E-state index in [0.717, 1.165) is 28.6 Å². The summed E-state index contributed by atoms with van der Waals surface area (Å²) >= 11 is 0. The van der Waals surface area contributed by atoms with E-state index in [2.05, 4.69) is 0 Å². The van der Waals surface area contributed by atoms with Gasteiger partial charge in [-0.2, -0.15) is 17.5 Å². The molecule has 0 radical (unpaired) electrons. The molecule has 0 unspecified atom stereocenters. The Morgan fingerprint density at radius 1 is 1.12 bits per heavy atom. The fraction of sp³-hybridized carbons (Fsp3) is 0.350. The smallest absolute Gasteiger partial charge is 0.416 e. The van der Waals surface area contributed by atoms with Crippen LogP contribution in [0, 0.1) is 0 Å². The minimum atomic E-state index is -4.45. The molecule has 1 saturated heterocycles. The maximum Gasteiger partial charge on any atom is 0.416 e. The molecule has 12 heteroatoms. The highest BCUT2D eigenvalue weighted by Gasteiger charge is 2.34. The molecule has 1 amide bonds. The van der Waals surface area contributed by atoms with E-state index in [-0.39, 0.29) is 40.5 Å². The van der Waals surface area contributed by atoms with Crippen LogP contribution in [0.4, 0.5) is 13.2 Å². The molecular weight excluding hydrogens is 453 g/mol. The highest BCUT2D eigenvalue weighted by molar-refractivity contribution is 7.89. The van der Waals surface area contributed by atoms with Crippen LogP contribution in [0.15, 0.2) is 47.4 Å². The monoisotopic (exact) mass is 478 g/mol. The number of phenolic OH excluding ortho intramolecular Hbond substituents is 1. The van der Waals surface area contributed by atoms with E-state index < -0.39 is 50.0 Å². The molecule has 178 valence electrons. The third kappa shape index (κ3) is 5.31. The van der Waals surface area contributed by atoms with Crippen molar-refractivity contribution in [2.45, 2.75) is 37.4 Å². The first-order valence-corrected chi connectivity index (χ1v) is 10.6. The van der Waals surface area contributed by atoms with Crippen molar-refractivity contribution >= 4 is 15.9 Å². The summed E-state index contributed by atoms with van der Waals surface area (Å²) in [7, 11) is -4.17. The van der Waals surface area contributed by atoms with Crippen LogP contribution in [-0.4, -0.2) is 48.1 Å². The number of ether oxygens (including phenoxy) is 1. The van der Waals surface area contributed by atoms with Gasteiger partial charge in [0.1, 0.15) is 23.2 Å². The molecule has 1 aliphatic rings. The van der Waals surface area contributed by atoms with E-state index in [1.54, 1.807) is 0 Å². The second-order valence-electron chi connectivity index (χ2n) is 6.83. The van der Waals surface area contributed by atoms with E-state index in [0.29, 0.717) is 0 Å². The van der Waals surface area contributed by atoms with Gasteiger partial charge in [0.2, 0.25) is 10.0 Å². The second-order valence-corrected chi connectivity index (χ2v) is 8.74. The summed E-state index contributed by atoms with van der Waals surface area (Å²) in [6.45, 7) is 0.0625. The molecule has 1 fully saturated rings. The number of alkyl halides is 3. The number of nitrogens with one attached hydrogen (secondary N) is 1. The number of benzene rings is 2. The van der Waals surface area contributed by atoms with E-state index in [4.69, 9.17) is 9.94 Å². The van der Waals surface area contributed by atoms with E-state index >= 15 is 0 Å². The van der Waals surface area contributed by atoms with Crippen molar-refractivity contribution < 1.29 is 42.9 Å². The van der Waals surface area contributed by atoms with Crippen LogP contribution in [0.25, 0.3) is 0 Å². The van der Waals surface area contributed by atoms with Gasteiger partial charge in [0.15, 0.2) is 0 Å². The summed E-state index contributed by atoms with van der Waals surface area (Å²) in [6, 6.07) is 7.75. The Hall–Kier alpha value is -2.83. The number of sulfonamides is 1. The van der Waals surface area contributed by atoms with Gasteiger partial charge in [0.05, 0.1) is 10.5 Å². The summed E-state index contributed by atoms with van der Waals surface area (Å²) in [5.74, 6) is -1.53. The number of nitrogens with zero attached hydrogens (tertiary/aromatic N) is 1. The Morgan fingerprint density at radius 3 is 2.25 bits per heavy atom. The maximum atomic E-state index is 13.0. The molecule has 2 aromatic rings. The summed E-state index contributed by atoms with van der Waals surface area (Å²) in [5, 5.41) is 18.7. The topological polar surface area (TPSA) is 116 Å². The standard InChI is InChI=1S/C19H19F3N2O6S.CH4.H2/c20-19(21,22)12-4-6-13(7-5-12)30-14-8-10-24(11-9-14)31(28,29)16-3-1-2-15(25)17(16)18(26)23-27;;/h1-7,14,25,27H,8-11H2,(H,23,26);1H4;1H. The number of phenols is 1. The number of hydrogen-bond donors (Lipinski definition) is 3. The SMILES string of the molecule is C.O=C(NO)c1c(O)cccc1S(=O)(=O)N1CCC(Oc2ccc(C(F)(F)F)cc2)CC1.[HH]. The van der Waals surface area contributed by atoms with Gasteiger partial charge in [0, 0.05) is 14.5 Å². The molecule has 0 aliphatic carbocycles. The molecule has 1 aliphatic heterocycles. The first kappa shape index (κ1) is 25.4.